The topological polar surface area (TPSA) is 19.0 Å². The Kier molecular flexibility index (Phi) is 15.2. The third kappa shape index (κ3) is 11.2. The van der Waals surface area contributed by atoms with Crippen LogP contribution in [0.15, 0.2) is 364 Å². The minimum Gasteiger partial charge on any atom is -0.310 e. The first-order valence-electron chi connectivity index (χ1n) is 28.4. The van der Waals surface area contributed by atoms with Crippen LogP contribution in [0.25, 0.3) is 0 Å². The number of hydrogen-bond acceptors (Lipinski definition) is 4. The van der Waals surface area contributed by atoms with E-state index >= 15 is 0 Å². The second-order valence-electron chi connectivity index (χ2n) is 20.3. The summed E-state index contributed by atoms with van der Waals surface area (Å²) in [5.74, 6) is 0. The number of anilines is 12. The summed E-state index contributed by atoms with van der Waals surface area (Å²) in [6.45, 7) is 0. The van der Waals surface area contributed by atoms with E-state index < -0.39 is 0 Å². The highest BCUT2D eigenvalue weighted by Crippen LogP contribution is 2.41. The van der Waals surface area contributed by atoms with Crippen molar-refractivity contribution < 1.29 is 0 Å². The molecule has 6 nitrogen and oxygen atoms in total. The van der Waals surface area contributed by atoms with Gasteiger partial charge < -0.3 is 19.6 Å². The molecule has 0 atom stereocenters. The zero-order valence-corrected chi connectivity index (χ0v) is 46.3. The molecule has 0 N–H and O–H groups in total. The van der Waals surface area contributed by atoms with E-state index in [0.717, 1.165) is 102 Å². The molecule has 0 radical (unpaired) electrons. The van der Waals surface area contributed by atoms with Gasteiger partial charge in [0.2, 0.25) is 34.2 Å². The molecule has 84 heavy (non-hydrogen) atoms. The van der Waals surface area contributed by atoms with Crippen molar-refractivity contribution in [3.05, 3.63) is 364 Å². The van der Waals surface area contributed by atoms with Gasteiger partial charge in [-0.15, -0.1) is 0 Å². The summed E-state index contributed by atoms with van der Waals surface area (Å²) in [5.41, 5.74) is 19.0. The molecular weight excluding hydrogens is 1020 g/mol. The number of hydrogen-bond donors (Lipinski definition) is 0. The van der Waals surface area contributed by atoms with Crippen molar-refractivity contribution in [3.8, 4) is 0 Å². The van der Waals surface area contributed by atoms with Gasteiger partial charge in [0.15, 0.2) is 0 Å². The van der Waals surface area contributed by atoms with Gasteiger partial charge in [-0.2, -0.15) is 9.15 Å². The summed E-state index contributed by atoms with van der Waals surface area (Å²) in [5, 5.41) is 0. The first-order chi connectivity index (χ1) is 41.7. The molecule has 1 aliphatic rings. The van der Waals surface area contributed by atoms with Crippen LogP contribution in [0.3, 0.4) is 0 Å². The molecule has 0 fully saturated rings. The van der Waals surface area contributed by atoms with Crippen LogP contribution < -0.4 is 28.8 Å². The highest BCUT2D eigenvalue weighted by atomic mass is 15.2. The Balaban J connectivity index is 0.939. The molecule has 12 aromatic carbocycles. The van der Waals surface area contributed by atoms with Crippen molar-refractivity contribution in [1.82, 2.24) is 9.15 Å². The summed E-state index contributed by atoms with van der Waals surface area (Å²) < 4.78 is 4.69. The quantitative estimate of drug-likeness (QED) is 0.0709. The van der Waals surface area contributed by atoms with Gasteiger partial charge in [-0.3, -0.25) is 0 Å². The largest absolute Gasteiger partial charge is 0.310 e. The molecule has 0 heterocycles. The maximum Gasteiger partial charge on any atom is 0.212 e. The molecule has 0 amide bonds. The van der Waals surface area contributed by atoms with Crippen LogP contribution in [0.5, 0.6) is 0 Å². The van der Waals surface area contributed by atoms with Gasteiger partial charge in [-0.25, -0.2) is 0 Å². The summed E-state index contributed by atoms with van der Waals surface area (Å²) in [4.78, 5) is 9.20. The van der Waals surface area contributed by atoms with E-state index in [0.29, 0.717) is 0 Å². The van der Waals surface area contributed by atoms with Gasteiger partial charge in [-0.1, -0.05) is 146 Å². The van der Waals surface area contributed by atoms with Crippen LogP contribution >= 0.6 is 0 Å². The molecular formula is C78H60N6+2. The highest BCUT2D eigenvalue weighted by Gasteiger charge is 2.27. The standard InChI is InChI=1S/C78H60N6/c1-9-25-61(26-10-1)79(62-27-11-2-12-28-62)69-41-49-73(50-42-69)83(74-51-43-70(44-52-74)80(63-29-13-3-14-30-63)64-31-15-4-16-32-64)77-57-59-78(60-58-77)84(75-53-45-71(46-54-75)81(65-33-17-5-18-34-65)66-35-19-6-20-36-66)76-55-47-72(48-56-76)82(67-37-21-7-22-38-67)68-39-23-8-24-40-68/h1-60H/q+2. The van der Waals surface area contributed by atoms with Crippen molar-refractivity contribution in [2.45, 2.75) is 0 Å². The Labute approximate surface area is 492 Å². The highest BCUT2D eigenvalue weighted by molar-refractivity contribution is 6.21. The Hall–Kier alpha value is -11.3. The lowest BCUT2D eigenvalue weighted by atomic mass is 10.1. The molecule has 1 aliphatic carbocycles. The number of benzene rings is 12. The number of nitrogens with zero attached hydrogens (tertiary/aromatic N) is 6. The third-order valence-corrected chi connectivity index (χ3v) is 14.9. The van der Waals surface area contributed by atoms with E-state index in [1.165, 1.54) is 0 Å². The zero-order chi connectivity index (χ0) is 56.3. The SMILES string of the molecule is C1=CC(=[N+](c2ccc(N(c3ccccc3)c3ccccc3)cc2)c2ccc(N(c3ccccc3)c3ccccc3)cc2)C=CC1=[N+](c1ccc(N(c2ccccc2)c2ccccc2)cc1)c1ccc(N(c2ccccc2)c2ccccc2)cc1. The minimum atomic E-state index is 1.01. The van der Waals surface area contributed by atoms with E-state index in [4.69, 9.17) is 0 Å². The zero-order valence-electron chi connectivity index (χ0n) is 46.3. The molecule has 0 bridgehead atoms. The maximum absolute atomic E-state index is 2.35. The average Bonchev–Trinajstić information content (AvgIpc) is 3.56. The fourth-order valence-electron chi connectivity index (χ4n) is 11.1. The first-order valence-corrected chi connectivity index (χ1v) is 28.4. The van der Waals surface area contributed by atoms with E-state index in [9.17, 15) is 0 Å². The van der Waals surface area contributed by atoms with Crippen LogP contribution in [0.1, 0.15) is 0 Å². The Morgan fingerprint density at radius 2 is 0.274 bits per heavy atom. The fourth-order valence-corrected chi connectivity index (χ4v) is 11.1. The van der Waals surface area contributed by atoms with Crippen LogP contribution in [-0.4, -0.2) is 11.4 Å². The van der Waals surface area contributed by atoms with Crippen molar-refractivity contribution in [3.63, 3.8) is 0 Å². The average molecular weight is 1080 g/mol. The van der Waals surface area contributed by atoms with Crippen LogP contribution in [0.2, 0.25) is 0 Å². The smallest absolute Gasteiger partial charge is 0.212 e. The molecule has 0 saturated heterocycles. The van der Waals surface area contributed by atoms with E-state index in [2.05, 4.69) is 393 Å². The predicted octanol–water partition coefficient (Wildman–Crippen LogP) is 20.9. The van der Waals surface area contributed by atoms with Gasteiger partial charge in [0.05, 0.1) is 0 Å². The van der Waals surface area contributed by atoms with Crippen molar-refractivity contribution in [2.24, 2.45) is 0 Å². The predicted molar refractivity (Wildman–Crippen MR) is 356 cm³/mol. The van der Waals surface area contributed by atoms with E-state index in [1.54, 1.807) is 0 Å². The monoisotopic (exact) mass is 1080 g/mol. The number of rotatable bonds is 16. The minimum absolute atomic E-state index is 1.01. The van der Waals surface area contributed by atoms with Gasteiger partial charge in [0.25, 0.3) is 0 Å². The second kappa shape index (κ2) is 24.6. The molecule has 0 saturated carbocycles. The Morgan fingerprint density at radius 1 is 0.143 bits per heavy atom. The summed E-state index contributed by atoms with van der Waals surface area (Å²) in [6, 6.07) is 120. The second-order valence-corrected chi connectivity index (χ2v) is 20.3. The molecule has 12 aromatic rings. The third-order valence-electron chi connectivity index (χ3n) is 14.9. The lowest BCUT2D eigenvalue weighted by Crippen LogP contribution is -2.20. The van der Waals surface area contributed by atoms with Crippen molar-refractivity contribution in [1.29, 1.82) is 0 Å². The summed E-state index contributed by atoms with van der Waals surface area (Å²) in [7, 11) is 0. The molecule has 0 aliphatic heterocycles. The molecule has 0 unspecified atom stereocenters. The number of para-hydroxylation sites is 8. The lowest BCUT2D eigenvalue weighted by molar-refractivity contribution is 1.07. The van der Waals surface area contributed by atoms with Gasteiger partial charge in [-0.05, 0) is 146 Å². The molecule has 400 valence electrons. The fraction of sp³-hybridized carbons (Fsp3) is 0. The summed E-state index contributed by atoms with van der Waals surface area (Å²) >= 11 is 0. The van der Waals surface area contributed by atoms with Gasteiger partial charge in [0, 0.05) is 141 Å². The summed E-state index contributed by atoms with van der Waals surface area (Å²) in [6.07, 6.45) is 8.97. The van der Waals surface area contributed by atoms with Gasteiger partial charge in [0.1, 0.15) is 0 Å². The Bertz CT molecular complexity index is 3500. The maximum atomic E-state index is 2.35. The molecule has 13 rings (SSSR count). The van der Waals surface area contributed by atoms with E-state index in [1.807, 2.05) is 0 Å². The lowest BCUT2D eigenvalue weighted by Gasteiger charge is -2.25. The first kappa shape index (κ1) is 52.1. The van der Waals surface area contributed by atoms with Crippen molar-refractivity contribution in [2.75, 3.05) is 19.6 Å². The van der Waals surface area contributed by atoms with Crippen LogP contribution in [0.4, 0.5) is 91.0 Å². The molecule has 6 heteroatoms. The van der Waals surface area contributed by atoms with Gasteiger partial charge >= 0.3 is 0 Å². The molecule has 0 aromatic heterocycles. The molecule has 0 spiro atoms. The number of allylic oxidation sites excluding steroid dienone is 4. The Morgan fingerprint density at radius 3 is 0.417 bits per heavy atom. The van der Waals surface area contributed by atoms with E-state index in [-0.39, 0.29) is 0 Å². The van der Waals surface area contributed by atoms with Crippen LogP contribution in [-0.2, 0) is 0 Å². The normalized spacial score (nSPS) is 11.7. The van der Waals surface area contributed by atoms with Crippen LogP contribution in [0, 0.1) is 0 Å². The van der Waals surface area contributed by atoms with Crippen molar-refractivity contribution >= 4 is 102 Å².